The Morgan fingerprint density at radius 2 is 1.92 bits per heavy atom. The fourth-order valence-electron chi connectivity index (χ4n) is 3.15. The van der Waals surface area contributed by atoms with Crippen LogP contribution in [0.3, 0.4) is 0 Å². The van der Waals surface area contributed by atoms with Gasteiger partial charge in [-0.3, -0.25) is 0 Å². The molecule has 6 heteroatoms. The minimum Gasteiger partial charge on any atom is -0.439 e. The van der Waals surface area contributed by atoms with Crippen LogP contribution in [0, 0.1) is 5.92 Å². The van der Waals surface area contributed by atoms with Gasteiger partial charge in [0.15, 0.2) is 0 Å². The molecule has 3 heterocycles. The third-order valence-electron chi connectivity index (χ3n) is 4.65. The van der Waals surface area contributed by atoms with E-state index in [9.17, 15) is 0 Å². The van der Waals surface area contributed by atoms with Gasteiger partial charge in [0.05, 0.1) is 0 Å². The number of benzene rings is 1. The number of nitrogens with zero attached hydrogens (tertiary/aromatic N) is 3. The number of nitrogens with one attached hydrogen (secondary N) is 1. The second-order valence-corrected chi connectivity index (χ2v) is 6.54. The minimum absolute atomic E-state index is 0.537. The highest BCUT2D eigenvalue weighted by molar-refractivity contribution is 5.53. The Labute approximate surface area is 152 Å². The molecule has 0 bridgehead atoms. The number of pyridine rings is 1. The first-order chi connectivity index (χ1) is 12.9. The molecule has 4 rings (SSSR count). The summed E-state index contributed by atoms with van der Waals surface area (Å²) in [5.74, 6) is 3.32. The zero-order valence-corrected chi connectivity index (χ0v) is 14.6. The quantitative estimate of drug-likeness (QED) is 0.728. The van der Waals surface area contributed by atoms with Crippen LogP contribution in [0.25, 0.3) is 11.4 Å². The van der Waals surface area contributed by atoms with Crippen molar-refractivity contribution in [1.82, 2.24) is 20.4 Å². The zero-order chi connectivity index (χ0) is 17.6. The van der Waals surface area contributed by atoms with Gasteiger partial charge in [0.25, 0.3) is 0 Å². The smallest absolute Gasteiger partial charge is 0.226 e. The number of piperidine rings is 1. The van der Waals surface area contributed by atoms with Crippen molar-refractivity contribution in [2.75, 3.05) is 13.1 Å². The predicted molar refractivity (Wildman–Crippen MR) is 98.0 cm³/mol. The van der Waals surface area contributed by atoms with E-state index in [1.807, 2.05) is 42.5 Å². The molecule has 0 amide bonds. The van der Waals surface area contributed by atoms with Gasteiger partial charge in [0.1, 0.15) is 5.75 Å². The average molecular weight is 350 g/mol. The predicted octanol–water partition coefficient (Wildman–Crippen LogP) is 3.86. The second kappa shape index (κ2) is 8.10. The van der Waals surface area contributed by atoms with Crippen LogP contribution in [0.5, 0.6) is 11.6 Å². The Hall–Kier alpha value is -2.73. The molecule has 1 fully saturated rings. The van der Waals surface area contributed by atoms with Crippen molar-refractivity contribution in [3.05, 3.63) is 54.6 Å². The second-order valence-electron chi connectivity index (χ2n) is 6.54. The van der Waals surface area contributed by atoms with Crippen molar-refractivity contribution in [2.24, 2.45) is 5.92 Å². The van der Waals surface area contributed by atoms with Crippen LogP contribution in [0.1, 0.15) is 25.2 Å². The van der Waals surface area contributed by atoms with Gasteiger partial charge in [-0.2, -0.15) is 4.98 Å². The number of hydrogen-bond donors (Lipinski definition) is 1. The summed E-state index contributed by atoms with van der Waals surface area (Å²) in [6.07, 6.45) is 6.10. The third-order valence-corrected chi connectivity index (χ3v) is 4.65. The lowest BCUT2D eigenvalue weighted by atomic mass is 9.93. The summed E-state index contributed by atoms with van der Waals surface area (Å²) >= 11 is 0. The molecule has 1 saturated heterocycles. The molecule has 0 aliphatic carbocycles. The first kappa shape index (κ1) is 16.7. The summed E-state index contributed by atoms with van der Waals surface area (Å²) in [6, 6.07) is 13.3. The number of aromatic nitrogens is 3. The molecule has 3 aromatic rings. The van der Waals surface area contributed by atoms with Gasteiger partial charge in [-0.15, -0.1) is 0 Å². The normalized spacial score (nSPS) is 15.1. The molecule has 0 saturated carbocycles. The number of para-hydroxylation sites is 1. The van der Waals surface area contributed by atoms with Gasteiger partial charge in [-0.25, -0.2) is 4.98 Å². The van der Waals surface area contributed by atoms with Crippen LogP contribution in [-0.4, -0.2) is 28.2 Å². The highest BCUT2D eigenvalue weighted by Gasteiger charge is 2.15. The Morgan fingerprint density at radius 1 is 1.08 bits per heavy atom. The Morgan fingerprint density at radius 3 is 2.69 bits per heavy atom. The van der Waals surface area contributed by atoms with Gasteiger partial charge in [0.2, 0.25) is 17.6 Å². The van der Waals surface area contributed by atoms with Crippen LogP contribution < -0.4 is 10.1 Å². The molecule has 134 valence electrons. The molecule has 1 aromatic carbocycles. The third kappa shape index (κ3) is 4.26. The fraction of sp³-hybridized carbons (Fsp3) is 0.350. The zero-order valence-electron chi connectivity index (χ0n) is 14.6. The standard InChI is InChI=1S/C20H22N4O2/c1-2-4-17(5-3-1)25-18-9-7-16(14-22-18)20-23-19(26-24-20)8-6-15-10-12-21-13-11-15/h1-5,7,9,14-15,21H,6,8,10-13H2. The van der Waals surface area contributed by atoms with Crippen molar-refractivity contribution < 1.29 is 9.26 Å². The maximum absolute atomic E-state index is 5.70. The topological polar surface area (TPSA) is 73.1 Å². The van der Waals surface area contributed by atoms with Gasteiger partial charge < -0.3 is 14.6 Å². The molecule has 1 N–H and O–H groups in total. The van der Waals surface area contributed by atoms with Crippen molar-refractivity contribution >= 4 is 0 Å². The van der Waals surface area contributed by atoms with E-state index in [-0.39, 0.29) is 0 Å². The highest BCUT2D eigenvalue weighted by Crippen LogP contribution is 2.23. The molecule has 0 unspecified atom stereocenters. The monoisotopic (exact) mass is 350 g/mol. The summed E-state index contributed by atoms with van der Waals surface area (Å²) in [6.45, 7) is 2.23. The first-order valence-corrected chi connectivity index (χ1v) is 9.09. The van der Waals surface area contributed by atoms with E-state index in [2.05, 4.69) is 20.4 Å². The molecule has 1 aliphatic rings. The summed E-state index contributed by atoms with van der Waals surface area (Å²) in [4.78, 5) is 8.83. The summed E-state index contributed by atoms with van der Waals surface area (Å²) < 4.78 is 11.1. The molecular formula is C20H22N4O2. The van der Waals surface area contributed by atoms with E-state index in [0.29, 0.717) is 17.6 Å². The molecule has 1 aliphatic heterocycles. The summed E-state index contributed by atoms with van der Waals surface area (Å²) in [5.41, 5.74) is 0.822. The van der Waals surface area contributed by atoms with Crippen molar-refractivity contribution in [3.63, 3.8) is 0 Å². The number of rotatable bonds is 6. The largest absolute Gasteiger partial charge is 0.439 e. The maximum Gasteiger partial charge on any atom is 0.226 e. The van der Waals surface area contributed by atoms with Crippen LogP contribution in [-0.2, 0) is 6.42 Å². The summed E-state index contributed by atoms with van der Waals surface area (Å²) in [7, 11) is 0. The van der Waals surface area contributed by atoms with Gasteiger partial charge in [-0.1, -0.05) is 23.4 Å². The molecule has 0 spiro atoms. The Bertz CT molecular complexity index is 811. The molecule has 6 nitrogen and oxygen atoms in total. The summed E-state index contributed by atoms with van der Waals surface area (Å²) in [5, 5.41) is 7.47. The first-order valence-electron chi connectivity index (χ1n) is 9.09. The lowest BCUT2D eigenvalue weighted by Crippen LogP contribution is -2.27. The van der Waals surface area contributed by atoms with E-state index in [1.54, 1.807) is 6.20 Å². The highest BCUT2D eigenvalue weighted by atomic mass is 16.5. The number of aryl methyl sites for hydroxylation is 1. The lowest BCUT2D eigenvalue weighted by molar-refractivity contribution is 0.324. The molecule has 26 heavy (non-hydrogen) atoms. The SMILES string of the molecule is c1ccc(Oc2ccc(-c3noc(CCC4CCNCC4)n3)cn2)cc1. The number of hydrogen-bond acceptors (Lipinski definition) is 6. The van der Waals surface area contributed by atoms with Crippen LogP contribution in [0.4, 0.5) is 0 Å². The molecule has 0 atom stereocenters. The van der Waals surface area contributed by atoms with Crippen LogP contribution >= 0.6 is 0 Å². The van der Waals surface area contributed by atoms with Crippen molar-refractivity contribution in [2.45, 2.75) is 25.7 Å². The van der Waals surface area contributed by atoms with Crippen LogP contribution in [0.15, 0.2) is 53.2 Å². The van der Waals surface area contributed by atoms with Crippen molar-refractivity contribution in [3.8, 4) is 23.0 Å². The molecular weight excluding hydrogens is 328 g/mol. The van der Waals surface area contributed by atoms with E-state index < -0.39 is 0 Å². The molecule has 0 radical (unpaired) electrons. The minimum atomic E-state index is 0.537. The Balaban J connectivity index is 1.36. The van der Waals surface area contributed by atoms with Crippen LogP contribution in [0.2, 0.25) is 0 Å². The van der Waals surface area contributed by atoms with E-state index in [4.69, 9.17) is 9.26 Å². The molecule has 2 aromatic heterocycles. The van der Waals surface area contributed by atoms with E-state index in [1.165, 1.54) is 12.8 Å². The lowest BCUT2D eigenvalue weighted by Gasteiger charge is -2.21. The average Bonchev–Trinajstić information content (AvgIpc) is 3.18. The van der Waals surface area contributed by atoms with Gasteiger partial charge in [-0.05, 0) is 56.5 Å². The maximum atomic E-state index is 5.70. The van der Waals surface area contributed by atoms with E-state index >= 15 is 0 Å². The Kier molecular flexibility index (Phi) is 5.21. The van der Waals surface area contributed by atoms with Gasteiger partial charge >= 0.3 is 0 Å². The van der Waals surface area contributed by atoms with E-state index in [0.717, 1.165) is 43.2 Å². The van der Waals surface area contributed by atoms with Gasteiger partial charge in [0, 0.05) is 24.2 Å². The van der Waals surface area contributed by atoms with Crippen molar-refractivity contribution in [1.29, 1.82) is 0 Å². The number of ether oxygens (including phenoxy) is 1. The fourth-order valence-corrected chi connectivity index (χ4v) is 3.15.